The Morgan fingerprint density at radius 3 is 2.67 bits per heavy atom. The Morgan fingerprint density at radius 1 is 0.788 bits per heavy atom. The molecule has 0 amide bonds. The fourth-order valence-corrected chi connectivity index (χ4v) is 4.04. The molecule has 9 heteroatoms. The molecule has 0 fully saturated rings. The van der Waals surface area contributed by atoms with Crippen LogP contribution in [0.1, 0.15) is 0 Å². The molecule has 33 heavy (non-hydrogen) atoms. The Hall–Kier alpha value is -4.79. The lowest BCUT2D eigenvalue weighted by atomic mass is 10.1. The van der Waals surface area contributed by atoms with Crippen molar-refractivity contribution in [3.63, 3.8) is 0 Å². The maximum atomic E-state index is 5.53. The molecule has 5 aromatic heterocycles. The zero-order chi connectivity index (χ0) is 21.8. The number of H-pyrrole nitrogens is 2. The van der Waals surface area contributed by atoms with E-state index in [2.05, 4.69) is 25.1 Å². The first-order valence-electron chi connectivity index (χ1n) is 10.3. The molecule has 2 N–H and O–H groups in total. The van der Waals surface area contributed by atoms with Gasteiger partial charge in [-0.2, -0.15) is 5.10 Å². The van der Waals surface area contributed by atoms with Gasteiger partial charge in [0.05, 0.1) is 22.4 Å². The van der Waals surface area contributed by atoms with Gasteiger partial charge in [-0.15, -0.1) is 0 Å². The molecule has 0 radical (unpaired) electrons. The second-order valence-corrected chi connectivity index (χ2v) is 7.62. The van der Waals surface area contributed by atoms with E-state index in [9.17, 15) is 0 Å². The van der Waals surface area contributed by atoms with Crippen molar-refractivity contribution in [2.45, 2.75) is 0 Å². The molecule has 0 atom stereocenters. The molecule has 0 aliphatic carbocycles. The standard InChI is InChI=1S/C24H15N7O2/c1-2-14(11-25-8-1)15-4-5-17-22(27-15)23(31-30-17)24-28-16-7-9-26-20(21(16)29-24)13-3-6-18-19(10-13)33-12-32-18/h1-11H,12H2,(H,28,29)(H,30,31). The molecule has 1 aliphatic heterocycles. The summed E-state index contributed by atoms with van der Waals surface area (Å²) in [5, 5.41) is 7.54. The minimum atomic E-state index is 0.225. The van der Waals surface area contributed by atoms with Crippen LogP contribution < -0.4 is 9.47 Å². The van der Waals surface area contributed by atoms with Crippen molar-refractivity contribution in [1.82, 2.24) is 35.1 Å². The molecule has 158 valence electrons. The first kappa shape index (κ1) is 17.8. The van der Waals surface area contributed by atoms with Crippen LogP contribution in [0.15, 0.2) is 67.1 Å². The summed E-state index contributed by atoms with van der Waals surface area (Å²) in [5.74, 6) is 2.04. The molecule has 0 saturated heterocycles. The van der Waals surface area contributed by atoms with E-state index < -0.39 is 0 Å². The Kier molecular flexibility index (Phi) is 3.71. The van der Waals surface area contributed by atoms with Crippen LogP contribution in [0.4, 0.5) is 0 Å². The molecule has 9 nitrogen and oxygen atoms in total. The van der Waals surface area contributed by atoms with Crippen LogP contribution in [-0.4, -0.2) is 41.9 Å². The zero-order valence-corrected chi connectivity index (χ0v) is 17.1. The number of benzene rings is 1. The molecule has 1 aliphatic rings. The molecule has 0 bridgehead atoms. The predicted octanol–water partition coefficient (Wildman–Crippen LogP) is 4.35. The summed E-state index contributed by atoms with van der Waals surface area (Å²) in [6.07, 6.45) is 5.29. The average molecular weight is 433 g/mol. The van der Waals surface area contributed by atoms with E-state index in [1.54, 1.807) is 18.6 Å². The van der Waals surface area contributed by atoms with Crippen molar-refractivity contribution in [2.75, 3.05) is 6.79 Å². The van der Waals surface area contributed by atoms with Gasteiger partial charge in [0, 0.05) is 29.7 Å². The van der Waals surface area contributed by atoms with Gasteiger partial charge in [-0.25, -0.2) is 9.97 Å². The fraction of sp³-hybridized carbons (Fsp3) is 0.0417. The summed E-state index contributed by atoms with van der Waals surface area (Å²) in [7, 11) is 0. The van der Waals surface area contributed by atoms with Crippen molar-refractivity contribution < 1.29 is 9.47 Å². The van der Waals surface area contributed by atoms with Crippen molar-refractivity contribution in [1.29, 1.82) is 0 Å². The smallest absolute Gasteiger partial charge is 0.231 e. The Morgan fingerprint density at radius 2 is 1.73 bits per heavy atom. The van der Waals surface area contributed by atoms with E-state index in [1.165, 1.54) is 0 Å². The normalized spacial score (nSPS) is 12.6. The van der Waals surface area contributed by atoms with Crippen LogP contribution in [0.5, 0.6) is 11.5 Å². The second-order valence-electron chi connectivity index (χ2n) is 7.62. The summed E-state index contributed by atoms with van der Waals surface area (Å²) in [4.78, 5) is 21.8. The van der Waals surface area contributed by atoms with Gasteiger partial charge in [0.1, 0.15) is 11.0 Å². The molecule has 7 rings (SSSR count). The highest BCUT2D eigenvalue weighted by Crippen LogP contribution is 2.37. The lowest BCUT2D eigenvalue weighted by Crippen LogP contribution is -1.92. The highest BCUT2D eigenvalue weighted by molar-refractivity contribution is 5.95. The summed E-state index contributed by atoms with van der Waals surface area (Å²) < 4.78 is 11.0. The summed E-state index contributed by atoms with van der Waals surface area (Å²) in [6.45, 7) is 0.225. The molecule has 0 unspecified atom stereocenters. The lowest BCUT2D eigenvalue weighted by molar-refractivity contribution is 0.174. The first-order valence-corrected chi connectivity index (χ1v) is 10.3. The van der Waals surface area contributed by atoms with Gasteiger partial charge in [0.15, 0.2) is 23.0 Å². The van der Waals surface area contributed by atoms with Gasteiger partial charge < -0.3 is 14.5 Å². The Labute approximate surface area is 186 Å². The minimum Gasteiger partial charge on any atom is -0.454 e. The number of rotatable bonds is 3. The van der Waals surface area contributed by atoms with Gasteiger partial charge in [-0.3, -0.25) is 15.1 Å². The van der Waals surface area contributed by atoms with E-state index >= 15 is 0 Å². The quantitative estimate of drug-likeness (QED) is 0.426. The number of aromatic nitrogens is 7. The van der Waals surface area contributed by atoms with Gasteiger partial charge in [0.25, 0.3) is 0 Å². The molecule has 0 saturated carbocycles. The van der Waals surface area contributed by atoms with Crippen molar-refractivity contribution in [3.05, 3.63) is 67.1 Å². The number of fused-ring (bicyclic) bond motifs is 3. The van der Waals surface area contributed by atoms with Gasteiger partial charge in [-0.1, -0.05) is 0 Å². The van der Waals surface area contributed by atoms with Crippen molar-refractivity contribution in [3.8, 4) is 45.5 Å². The number of hydrogen-bond acceptors (Lipinski definition) is 7. The van der Waals surface area contributed by atoms with Gasteiger partial charge in [-0.05, 0) is 48.5 Å². The van der Waals surface area contributed by atoms with Crippen molar-refractivity contribution >= 4 is 22.1 Å². The third-order valence-electron chi connectivity index (χ3n) is 5.64. The van der Waals surface area contributed by atoms with E-state index in [-0.39, 0.29) is 6.79 Å². The van der Waals surface area contributed by atoms with Gasteiger partial charge >= 0.3 is 0 Å². The highest BCUT2D eigenvalue weighted by atomic mass is 16.7. The van der Waals surface area contributed by atoms with Crippen molar-refractivity contribution in [2.24, 2.45) is 0 Å². The number of hydrogen-bond donors (Lipinski definition) is 2. The first-order chi connectivity index (χ1) is 16.3. The summed E-state index contributed by atoms with van der Waals surface area (Å²) >= 11 is 0. The van der Waals surface area contributed by atoms with E-state index in [0.29, 0.717) is 17.3 Å². The molecule has 6 aromatic rings. The number of pyridine rings is 3. The van der Waals surface area contributed by atoms with E-state index in [0.717, 1.165) is 50.3 Å². The molecular formula is C24H15N7O2. The molecule has 0 spiro atoms. The van der Waals surface area contributed by atoms with E-state index in [4.69, 9.17) is 19.4 Å². The van der Waals surface area contributed by atoms with Crippen LogP contribution in [0.2, 0.25) is 0 Å². The van der Waals surface area contributed by atoms with Crippen LogP contribution in [0.3, 0.4) is 0 Å². The fourth-order valence-electron chi connectivity index (χ4n) is 4.04. The zero-order valence-electron chi connectivity index (χ0n) is 17.1. The van der Waals surface area contributed by atoms with E-state index in [1.807, 2.05) is 48.5 Å². The molecule has 6 heterocycles. The second kappa shape index (κ2) is 6.86. The summed E-state index contributed by atoms with van der Waals surface area (Å²) in [6, 6.07) is 15.4. The molecule has 1 aromatic carbocycles. The largest absolute Gasteiger partial charge is 0.454 e. The topological polar surface area (TPSA) is 114 Å². The van der Waals surface area contributed by atoms with Gasteiger partial charge in [0.2, 0.25) is 6.79 Å². The third kappa shape index (κ3) is 2.83. The number of nitrogens with zero attached hydrogens (tertiary/aromatic N) is 5. The SMILES string of the molecule is c1cncc(-c2ccc3[nH]nc(-c4nc5c(-c6ccc7c(c6)OCO7)nccc5[nH]4)c3n2)c1. The number of nitrogens with one attached hydrogen (secondary N) is 2. The highest BCUT2D eigenvalue weighted by Gasteiger charge is 2.19. The maximum Gasteiger partial charge on any atom is 0.231 e. The predicted molar refractivity (Wildman–Crippen MR) is 122 cm³/mol. The minimum absolute atomic E-state index is 0.225. The monoisotopic (exact) mass is 433 g/mol. The van der Waals surface area contributed by atoms with Crippen LogP contribution in [0.25, 0.3) is 56.1 Å². The average Bonchev–Trinajstić information content (AvgIpc) is 3.60. The molecular weight excluding hydrogens is 418 g/mol. The van der Waals surface area contributed by atoms with Crippen LogP contribution in [-0.2, 0) is 0 Å². The Bertz CT molecular complexity index is 1660. The number of imidazole rings is 1. The number of ether oxygens (including phenoxy) is 2. The maximum absolute atomic E-state index is 5.53. The summed E-state index contributed by atoms with van der Waals surface area (Å²) in [5.41, 5.74) is 7.19. The third-order valence-corrected chi connectivity index (χ3v) is 5.64. The van der Waals surface area contributed by atoms with Crippen LogP contribution >= 0.6 is 0 Å². The Balaban J connectivity index is 1.37. The van der Waals surface area contributed by atoms with Crippen LogP contribution in [0, 0.1) is 0 Å². The number of aromatic amines is 2. The lowest BCUT2D eigenvalue weighted by Gasteiger charge is -2.03.